The molecule has 0 aromatic heterocycles. The maximum absolute atomic E-state index is 9.66. The third-order valence-electron chi connectivity index (χ3n) is 0.472. The van der Waals surface area contributed by atoms with Crippen LogP contribution in [0.3, 0.4) is 0 Å². The molecule has 0 heterocycles. The molecule has 0 bridgehead atoms. The lowest BCUT2D eigenvalue weighted by Gasteiger charge is -2.17. The van der Waals surface area contributed by atoms with Crippen LogP contribution < -0.4 is 4.89 Å². The lowest BCUT2D eigenvalue weighted by Crippen LogP contribution is -2.11. The molecular formula is C2H6O4P-. The number of rotatable bonds is 1. The van der Waals surface area contributed by atoms with Gasteiger partial charge >= 0.3 is 0 Å². The monoisotopic (exact) mass is 125 g/mol. The van der Waals surface area contributed by atoms with E-state index in [0.29, 0.717) is 0 Å². The van der Waals surface area contributed by atoms with Gasteiger partial charge in [-0.25, -0.2) is 0 Å². The average molecular weight is 125 g/mol. The first-order valence-corrected chi connectivity index (χ1v) is 3.31. The maximum Gasteiger partial charge on any atom is 0.160 e. The van der Waals surface area contributed by atoms with Crippen molar-refractivity contribution >= 4 is 7.60 Å². The first kappa shape index (κ1) is 7.11. The first-order valence-electron chi connectivity index (χ1n) is 1.66. The Balaban J connectivity index is 3.80. The standard InChI is InChI=1S/C2H7O4P/c1-2(3)7(4,5)6/h2-3H,1H3,(H2,4,5,6)/p-1. The number of hydrogen-bond acceptors (Lipinski definition) is 3. The van der Waals surface area contributed by atoms with Crippen molar-refractivity contribution in [1.29, 1.82) is 0 Å². The van der Waals surface area contributed by atoms with E-state index < -0.39 is 13.4 Å². The summed E-state index contributed by atoms with van der Waals surface area (Å²) in [6, 6.07) is 0. The lowest BCUT2D eigenvalue weighted by atomic mass is 10.9. The topological polar surface area (TPSA) is 80.6 Å². The summed E-state index contributed by atoms with van der Waals surface area (Å²) in [7, 11) is -4.43. The van der Waals surface area contributed by atoms with Gasteiger partial charge in [0.05, 0.1) is 0 Å². The summed E-state index contributed by atoms with van der Waals surface area (Å²) >= 11 is 0. The Kier molecular flexibility index (Phi) is 1.95. The van der Waals surface area contributed by atoms with Gasteiger partial charge in [0.2, 0.25) is 0 Å². The minimum atomic E-state index is -4.43. The van der Waals surface area contributed by atoms with E-state index >= 15 is 0 Å². The number of aliphatic hydroxyl groups excluding tert-OH is 1. The van der Waals surface area contributed by atoms with E-state index in [-0.39, 0.29) is 0 Å². The molecule has 2 N–H and O–H groups in total. The highest BCUT2D eigenvalue weighted by molar-refractivity contribution is 7.50. The summed E-state index contributed by atoms with van der Waals surface area (Å²) < 4.78 is 9.66. The summed E-state index contributed by atoms with van der Waals surface area (Å²) in [5, 5.41) is 8.06. The fourth-order valence-electron chi connectivity index (χ4n) is 0. The van der Waals surface area contributed by atoms with E-state index in [0.717, 1.165) is 6.92 Å². The van der Waals surface area contributed by atoms with E-state index in [9.17, 15) is 9.46 Å². The van der Waals surface area contributed by atoms with E-state index in [1.807, 2.05) is 0 Å². The molecule has 0 aliphatic carbocycles. The van der Waals surface area contributed by atoms with Crippen molar-refractivity contribution in [1.82, 2.24) is 0 Å². The van der Waals surface area contributed by atoms with Crippen molar-refractivity contribution < 1.29 is 19.5 Å². The molecule has 0 aliphatic rings. The van der Waals surface area contributed by atoms with Gasteiger partial charge in [-0.05, 0) is 6.92 Å². The van der Waals surface area contributed by atoms with Crippen LogP contribution in [0.25, 0.3) is 0 Å². The molecule has 44 valence electrons. The fourth-order valence-corrected chi connectivity index (χ4v) is 0. The van der Waals surface area contributed by atoms with Crippen molar-refractivity contribution in [3.05, 3.63) is 0 Å². The van der Waals surface area contributed by atoms with Crippen molar-refractivity contribution in [2.45, 2.75) is 12.8 Å². The molecule has 7 heavy (non-hydrogen) atoms. The molecule has 0 aliphatic heterocycles. The van der Waals surface area contributed by atoms with Crippen LogP contribution in [0.2, 0.25) is 0 Å². The quantitative estimate of drug-likeness (QED) is 0.434. The lowest BCUT2D eigenvalue weighted by molar-refractivity contribution is -0.201. The van der Waals surface area contributed by atoms with Crippen molar-refractivity contribution in [3.63, 3.8) is 0 Å². The van der Waals surface area contributed by atoms with Gasteiger partial charge < -0.3 is 19.5 Å². The Morgan fingerprint density at radius 1 is 1.86 bits per heavy atom. The molecule has 0 aromatic carbocycles. The second-order valence-corrected chi connectivity index (χ2v) is 3.07. The third-order valence-corrected chi connectivity index (χ3v) is 1.42. The summed E-state index contributed by atoms with van der Waals surface area (Å²) in [6.45, 7) is 0.980. The van der Waals surface area contributed by atoms with E-state index in [4.69, 9.17) is 10.00 Å². The molecule has 0 saturated carbocycles. The SMILES string of the molecule is CC(O)P(=O)([O-])O. The molecule has 0 spiro atoms. The zero-order chi connectivity index (χ0) is 6.08. The Labute approximate surface area is 40.9 Å². The fraction of sp³-hybridized carbons (Fsp3) is 1.00. The van der Waals surface area contributed by atoms with Crippen molar-refractivity contribution in [3.8, 4) is 0 Å². The highest BCUT2D eigenvalue weighted by Crippen LogP contribution is 2.33. The van der Waals surface area contributed by atoms with Crippen molar-refractivity contribution in [2.24, 2.45) is 0 Å². The van der Waals surface area contributed by atoms with Crippen LogP contribution in [0.1, 0.15) is 6.92 Å². The molecule has 2 atom stereocenters. The molecule has 0 aromatic rings. The second-order valence-electron chi connectivity index (χ2n) is 1.20. The molecule has 4 nitrogen and oxygen atoms in total. The minimum Gasteiger partial charge on any atom is -0.777 e. The summed E-state index contributed by atoms with van der Waals surface area (Å²) in [5.41, 5.74) is 0. The van der Waals surface area contributed by atoms with Gasteiger partial charge in [-0.2, -0.15) is 0 Å². The van der Waals surface area contributed by atoms with Crippen LogP contribution in [-0.4, -0.2) is 15.8 Å². The smallest absolute Gasteiger partial charge is 0.160 e. The van der Waals surface area contributed by atoms with E-state index in [1.54, 1.807) is 0 Å². The molecule has 0 radical (unpaired) electrons. The highest BCUT2D eigenvalue weighted by atomic mass is 31.2. The molecular weight excluding hydrogens is 119 g/mol. The van der Waals surface area contributed by atoms with Gasteiger partial charge in [-0.1, -0.05) is 0 Å². The van der Waals surface area contributed by atoms with Gasteiger partial charge in [-0.3, -0.25) is 0 Å². The maximum atomic E-state index is 9.66. The summed E-state index contributed by atoms with van der Waals surface area (Å²) in [4.78, 5) is 17.5. The van der Waals surface area contributed by atoms with Gasteiger partial charge in [0.1, 0.15) is 5.85 Å². The van der Waals surface area contributed by atoms with Gasteiger partial charge in [-0.15, -0.1) is 0 Å². The van der Waals surface area contributed by atoms with Crippen molar-refractivity contribution in [2.75, 3.05) is 0 Å². The largest absolute Gasteiger partial charge is 0.777 e. The number of hydrogen-bond donors (Lipinski definition) is 2. The predicted octanol–water partition coefficient (Wildman–Crippen LogP) is -1.13. The summed E-state index contributed by atoms with van der Waals surface area (Å²) in [6.07, 6.45) is 0. The zero-order valence-electron chi connectivity index (χ0n) is 3.74. The normalized spacial score (nSPS) is 23.4. The van der Waals surface area contributed by atoms with Crippen LogP contribution in [-0.2, 0) is 4.57 Å². The zero-order valence-corrected chi connectivity index (χ0v) is 4.63. The molecule has 2 unspecified atom stereocenters. The van der Waals surface area contributed by atoms with Crippen LogP contribution in [0.5, 0.6) is 0 Å². The predicted molar refractivity (Wildman–Crippen MR) is 21.5 cm³/mol. The van der Waals surface area contributed by atoms with Crippen LogP contribution >= 0.6 is 7.60 Å². The van der Waals surface area contributed by atoms with E-state index in [1.165, 1.54) is 0 Å². The first-order chi connectivity index (χ1) is 2.94. The van der Waals surface area contributed by atoms with Gasteiger partial charge in [0.15, 0.2) is 7.60 Å². The minimum absolute atomic E-state index is 0.980. The Hall–Kier alpha value is 0.110. The average Bonchev–Trinajstić information content (AvgIpc) is 1.31. The number of aliphatic hydroxyl groups is 1. The Bertz CT molecular complexity index is 91.9. The molecule has 5 heteroatoms. The molecule has 0 rings (SSSR count). The molecule has 0 saturated heterocycles. The third kappa shape index (κ3) is 2.76. The van der Waals surface area contributed by atoms with Gasteiger partial charge in [0, 0.05) is 0 Å². The molecule has 0 fully saturated rings. The Morgan fingerprint density at radius 2 is 2.00 bits per heavy atom. The van der Waals surface area contributed by atoms with Gasteiger partial charge in [0.25, 0.3) is 0 Å². The van der Waals surface area contributed by atoms with Crippen LogP contribution in [0, 0.1) is 0 Å². The summed E-state index contributed by atoms with van der Waals surface area (Å²) in [5.74, 6) is -1.65. The molecule has 0 amide bonds. The van der Waals surface area contributed by atoms with Crippen LogP contribution in [0.4, 0.5) is 0 Å². The Morgan fingerprint density at radius 3 is 2.00 bits per heavy atom. The second kappa shape index (κ2) is 1.92. The van der Waals surface area contributed by atoms with Crippen LogP contribution in [0.15, 0.2) is 0 Å². The van der Waals surface area contributed by atoms with E-state index in [2.05, 4.69) is 0 Å². The highest BCUT2D eigenvalue weighted by Gasteiger charge is 2.07.